The van der Waals surface area contributed by atoms with Crippen LogP contribution in [-0.4, -0.2) is 25.9 Å². The van der Waals surface area contributed by atoms with Crippen LogP contribution in [0.3, 0.4) is 0 Å². The van der Waals surface area contributed by atoms with Crippen LogP contribution in [0, 0.1) is 0 Å². The Morgan fingerprint density at radius 3 is 3.00 bits per heavy atom. The van der Waals surface area contributed by atoms with Crippen LogP contribution in [0.4, 0.5) is 0 Å². The SMILES string of the molecule is CCNC(C)c1ccc(OC2CCOC2)c(Cl)c1. The van der Waals surface area contributed by atoms with Gasteiger partial charge in [-0.25, -0.2) is 0 Å². The van der Waals surface area contributed by atoms with Crippen LogP contribution in [0.25, 0.3) is 0 Å². The largest absolute Gasteiger partial charge is 0.486 e. The van der Waals surface area contributed by atoms with Gasteiger partial charge in [-0.3, -0.25) is 0 Å². The molecular weight excluding hydrogens is 250 g/mol. The van der Waals surface area contributed by atoms with Crippen LogP contribution in [0.15, 0.2) is 18.2 Å². The molecule has 1 aromatic carbocycles. The first-order valence-corrected chi connectivity index (χ1v) is 6.85. The Morgan fingerprint density at radius 1 is 1.56 bits per heavy atom. The zero-order valence-corrected chi connectivity index (χ0v) is 11.7. The van der Waals surface area contributed by atoms with Gasteiger partial charge in [0.2, 0.25) is 0 Å². The Kier molecular flexibility index (Phi) is 4.87. The Morgan fingerprint density at radius 2 is 2.39 bits per heavy atom. The molecule has 4 heteroatoms. The van der Waals surface area contributed by atoms with Crippen LogP contribution in [0.2, 0.25) is 5.02 Å². The number of halogens is 1. The lowest BCUT2D eigenvalue weighted by Gasteiger charge is -2.16. The molecule has 2 rings (SSSR count). The standard InChI is InChI=1S/C14H20ClNO2/c1-3-16-10(2)11-4-5-14(13(15)8-11)18-12-6-7-17-9-12/h4-5,8,10,12,16H,3,6-7,9H2,1-2H3. The quantitative estimate of drug-likeness (QED) is 0.891. The summed E-state index contributed by atoms with van der Waals surface area (Å²) in [6.45, 7) is 6.59. The molecule has 3 nitrogen and oxygen atoms in total. The second-order valence-corrected chi connectivity index (χ2v) is 4.98. The molecule has 18 heavy (non-hydrogen) atoms. The molecule has 0 radical (unpaired) electrons. The topological polar surface area (TPSA) is 30.5 Å². The number of hydrogen-bond donors (Lipinski definition) is 1. The summed E-state index contributed by atoms with van der Waals surface area (Å²) in [5.41, 5.74) is 1.18. The lowest BCUT2D eigenvalue weighted by molar-refractivity contribution is 0.141. The molecule has 2 atom stereocenters. The van der Waals surface area contributed by atoms with Gasteiger partial charge in [0.25, 0.3) is 0 Å². The minimum atomic E-state index is 0.138. The Labute approximate surface area is 113 Å². The fourth-order valence-corrected chi connectivity index (χ4v) is 2.32. The van der Waals surface area contributed by atoms with Crippen molar-refractivity contribution in [2.75, 3.05) is 19.8 Å². The van der Waals surface area contributed by atoms with E-state index in [1.165, 1.54) is 5.56 Å². The second kappa shape index (κ2) is 6.41. The van der Waals surface area contributed by atoms with Crippen molar-refractivity contribution < 1.29 is 9.47 Å². The fraction of sp³-hybridized carbons (Fsp3) is 0.571. The molecule has 0 amide bonds. The summed E-state index contributed by atoms with van der Waals surface area (Å²) < 4.78 is 11.1. The lowest BCUT2D eigenvalue weighted by Crippen LogP contribution is -2.18. The molecule has 2 unspecified atom stereocenters. The normalized spacial score (nSPS) is 20.9. The molecule has 1 saturated heterocycles. The first-order valence-electron chi connectivity index (χ1n) is 6.48. The first kappa shape index (κ1) is 13.7. The average molecular weight is 270 g/mol. The van der Waals surface area contributed by atoms with E-state index in [0.29, 0.717) is 17.7 Å². The minimum absolute atomic E-state index is 0.138. The fourth-order valence-electron chi connectivity index (χ4n) is 2.09. The highest BCUT2D eigenvalue weighted by atomic mass is 35.5. The molecule has 0 saturated carbocycles. The summed E-state index contributed by atoms with van der Waals surface area (Å²) in [7, 11) is 0. The van der Waals surface area contributed by atoms with E-state index in [-0.39, 0.29) is 6.10 Å². The summed E-state index contributed by atoms with van der Waals surface area (Å²) in [6.07, 6.45) is 1.07. The van der Waals surface area contributed by atoms with E-state index < -0.39 is 0 Å². The number of ether oxygens (including phenoxy) is 2. The van der Waals surface area contributed by atoms with Crippen molar-refractivity contribution in [3.05, 3.63) is 28.8 Å². The first-order chi connectivity index (χ1) is 8.70. The number of nitrogens with one attached hydrogen (secondary N) is 1. The summed E-state index contributed by atoms with van der Waals surface area (Å²) in [5, 5.41) is 4.03. The number of hydrogen-bond acceptors (Lipinski definition) is 3. The van der Waals surface area contributed by atoms with Crippen molar-refractivity contribution in [2.24, 2.45) is 0 Å². The third-order valence-electron chi connectivity index (χ3n) is 3.15. The molecule has 1 aliphatic heterocycles. The maximum absolute atomic E-state index is 6.26. The van der Waals surface area contributed by atoms with E-state index in [9.17, 15) is 0 Å². The third-order valence-corrected chi connectivity index (χ3v) is 3.44. The second-order valence-electron chi connectivity index (χ2n) is 4.57. The Hall–Kier alpha value is -0.770. The molecule has 1 heterocycles. The van der Waals surface area contributed by atoms with Crippen LogP contribution in [0.1, 0.15) is 31.9 Å². The van der Waals surface area contributed by atoms with Gasteiger partial charge >= 0.3 is 0 Å². The van der Waals surface area contributed by atoms with Crippen LogP contribution in [0.5, 0.6) is 5.75 Å². The molecule has 1 fully saturated rings. The molecule has 0 aromatic heterocycles. The predicted octanol–water partition coefficient (Wildman–Crippen LogP) is 3.18. The van der Waals surface area contributed by atoms with E-state index in [1.54, 1.807) is 0 Å². The van der Waals surface area contributed by atoms with Gasteiger partial charge in [-0.2, -0.15) is 0 Å². The summed E-state index contributed by atoms with van der Waals surface area (Å²) >= 11 is 6.26. The maximum Gasteiger partial charge on any atom is 0.138 e. The third kappa shape index (κ3) is 3.37. The lowest BCUT2D eigenvalue weighted by atomic mass is 10.1. The predicted molar refractivity (Wildman–Crippen MR) is 73.4 cm³/mol. The van der Waals surface area contributed by atoms with Crippen molar-refractivity contribution in [3.8, 4) is 5.75 Å². The van der Waals surface area contributed by atoms with Gasteiger partial charge in [-0.1, -0.05) is 24.6 Å². The highest BCUT2D eigenvalue weighted by Crippen LogP contribution is 2.29. The van der Waals surface area contributed by atoms with Crippen LogP contribution < -0.4 is 10.1 Å². The minimum Gasteiger partial charge on any atom is -0.486 e. The Balaban J connectivity index is 2.04. The molecule has 0 bridgehead atoms. The van der Waals surface area contributed by atoms with Gasteiger partial charge in [0.05, 0.1) is 18.2 Å². The van der Waals surface area contributed by atoms with Crippen molar-refractivity contribution in [2.45, 2.75) is 32.4 Å². The molecule has 0 spiro atoms. The molecule has 1 aliphatic rings. The van der Waals surface area contributed by atoms with Crippen molar-refractivity contribution in [1.29, 1.82) is 0 Å². The van der Waals surface area contributed by atoms with Gasteiger partial charge in [-0.15, -0.1) is 0 Å². The van der Waals surface area contributed by atoms with Gasteiger partial charge in [-0.05, 0) is 31.2 Å². The maximum atomic E-state index is 6.26. The highest BCUT2D eigenvalue weighted by molar-refractivity contribution is 6.32. The van der Waals surface area contributed by atoms with E-state index in [1.807, 2.05) is 12.1 Å². The zero-order chi connectivity index (χ0) is 13.0. The molecule has 0 aliphatic carbocycles. The van der Waals surface area contributed by atoms with Gasteiger partial charge in [0, 0.05) is 12.5 Å². The molecule has 100 valence electrons. The van der Waals surface area contributed by atoms with E-state index in [2.05, 4.69) is 25.2 Å². The van der Waals surface area contributed by atoms with E-state index in [4.69, 9.17) is 21.1 Å². The average Bonchev–Trinajstić information content (AvgIpc) is 2.85. The van der Waals surface area contributed by atoms with Crippen molar-refractivity contribution in [1.82, 2.24) is 5.32 Å². The Bertz CT molecular complexity index is 391. The molecule has 1 N–H and O–H groups in total. The van der Waals surface area contributed by atoms with Crippen molar-refractivity contribution >= 4 is 11.6 Å². The van der Waals surface area contributed by atoms with Crippen LogP contribution >= 0.6 is 11.6 Å². The zero-order valence-electron chi connectivity index (χ0n) is 10.9. The summed E-state index contributed by atoms with van der Waals surface area (Å²) in [6, 6.07) is 6.28. The number of rotatable bonds is 5. The van der Waals surface area contributed by atoms with E-state index in [0.717, 1.165) is 25.3 Å². The molecule has 1 aromatic rings. The van der Waals surface area contributed by atoms with Gasteiger partial charge < -0.3 is 14.8 Å². The van der Waals surface area contributed by atoms with Crippen molar-refractivity contribution in [3.63, 3.8) is 0 Å². The molecular formula is C14H20ClNO2. The van der Waals surface area contributed by atoms with Crippen LogP contribution in [-0.2, 0) is 4.74 Å². The summed E-state index contributed by atoms with van der Waals surface area (Å²) in [5.74, 6) is 0.750. The van der Waals surface area contributed by atoms with Gasteiger partial charge in [0.1, 0.15) is 11.9 Å². The van der Waals surface area contributed by atoms with Gasteiger partial charge in [0.15, 0.2) is 0 Å². The van der Waals surface area contributed by atoms with E-state index >= 15 is 0 Å². The highest BCUT2D eigenvalue weighted by Gasteiger charge is 2.18. The number of benzene rings is 1. The summed E-state index contributed by atoms with van der Waals surface area (Å²) in [4.78, 5) is 0. The monoisotopic (exact) mass is 269 g/mol. The smallest absolute Gasteiger partial charge is 0.138 e.